The van der Waals surface area contributed by atoms with Gasteiger partial charge in [0.2, 0.25) is 5.91 Å². The SMILES string of the molecule is O=C(O)[C@@H]1CCCCN1C(=O)CNCC(F)(F)F. The standard InChI is InChI=1S/C10H15F3N2O3/c11-10(12,13)6-14-5-8(16)15-4-2-1-3-7(15)9(17)18/h7,14H,1-6H2,(H,17,18)/t7-/m0/s1. The molecule has 0 spiro atoms. The molecule has 0 saturated carbocycles. The number of aliphatic carboxylic acids is 1. The fourth-order valence-electron chi connectivity index (χ4n) is 1.90. The van der Waals surface area contributed by atoms with Gasteiger partial charge in [-0.2, -0.15) is 13.2 Å². The molecular formula is C10H15F3N2O3. The number of amides is 1. The van der Waals surface area contributed by atoms with E-state index in [9.17, 15) is 22.8 Å². The van der Waals surface area contributed by atoms with Gasteiger partial charge in [0.05, 0.1) is 13.1 Å². The number of hydrogen-bond acceptors (Lipinski definition) is 3. The summed E-state index contributed by atoms with van der Waals surface area (Å²) in [5.41, 5.74) is 0. The molecule has 0 aromatic heterocycles. The highest BCUT2D eigenvalue weighted by atomic mass is 19.4. The van der Waals surface area contributed by atoms with Crippen LogP contribution in [0.5, 0.6) is 0 Å². The minimum absolute atomic E-state index is 0.281. The molecule has 0 aromatic carbocycles. The summed E-state index contributed by atoms with van der Waals surface area (Å²) in [6, 6.07) is -0.918. The number of hydrogen-bond donors (Lipinski definition) is 2. The molecule has 1 heterocycles. The molecule has 1 fully saturated rings. The summed E-state index contributed by atoms with van der Waals surface area (Å²) in [6.07, 6.45) is -2.65. The smallest absolute Gasteiger partial charge is 0.401 e. The second-order valence-corrected chi connectivity index (χ2v) is 4.16. The van der Waals surface area contributed by atoms with Crippen molar-refractivity contribution in [1.82, 2.24) is 10.2 Å². The molecule has 0 unspecified atom stereocenters. The van der Waals surface area contributed by atoms with E-state index in [4.69, 9.17) is 5.11 Å². The van der Waals surface area contributed by atoms with Crippen LogP contribution in [0.2, 0.25) is 0 Å². The number of alkyl halides is 3. The first-order valence-electron chi connectivity index (χ1n) is 5.61. The molecule has 0 aromatic rings. The van der Waals surface area contributed by atoms with Crippen molar-refractivity contribution >= 4 is 11.9 Å². The normalized spacial score (nSPS) is 20.8. The summed E-state index contributed by atoms with van der Waals surface area (Å²) < 4.78 is 35.6. The number of carbonyl (C=O) groups excluding carboxylic acids is 1. The van der Waals surface area contributed by atoms with Crippen molar-refractivity contribution < 1.29 is 27.9 Å². The van der Waals surface area contributed by atoms with E-state index in [1.54, 1.807) is 0 Å². The first-order chi connectivity index (χ1) is 8.31. The van der Waals surface area contributed by atoms with Crippen LogP contribution in [-0.4, -0.2) is 53.7 Å². The Morgan fingerprint density at radius 2 is 2.00 bits per heavy atom. The lowest BCUT2D eigenvalue weighted by Crippen LogP contribution is -2.51. The van der Waals surface area contributed by atoms with Gasteiger partial charge in [-0.15, -0.1) is 0 Å². The van der Waals surface area contributed by atoms with Crippen LogP contribution >= 0.6 is 0 Å². The predicted octanol–water partition coefficient (Wildman–Crippen LogP) is 0.604. The van der Waals surface area contributed by atoms with Crippen molar-refractivity contribution in [3.63, 3.8) is 0 Å². The Bertz CT molecular complexity index is 320. The Morgan fingerprint density at radius 1 is 1.33 bits per heavy atom. The molecule has 2 N–H and O–H groups in total. The van der Waals surface area contributed by atoms with Crippen molar-refractivity contribution in [3.8, 4) is 0 Å². The zero-order valence-corrected chi connectivity index (χ0v) is 9.66. The first kappa shape index (κ1) is 14.7. The molecule has 0 aliphatic carbocycles. The van der Waals surface area contributed by atoms with Gasteiger partial charge in [0, 0.05) is 6.54 Å². The van der Waals surface area contributed by atoms with Crippen LogP contribution in [0.3, 0.4) is 0 Å². The minimum Gasteiger partial charge on any atom is -0.480 e. The topological polar surface area (TPSA) is 69.6 Å². The van der Waals surface area contributed by atoms with Crippen LogP contribution < -0.4 is 5.32 Å². The van der Waals surface area contributed by atoms with Crippen LogP contribution in [0.15, 0.2) is 0 Å². The molecule has 0 bridgehead atoms. The van der Waals surface area contributed by atoms with Crippen molar-refractivity contribution in [2.75, 3.05) is 19.6 Å². The van der Waals surface area contributed by atoms with Crippen LogP contribution in [0.25, 0.3) is 0 Å². The lowest BCUT2D eigenvalue weighted by atomic mass is 10.0. The Balaban J connectivity index is 2.46. The molecule has 1 aliphatic rings. The summed E-state index contributed by atoms with van der Waals surface area (Å²) in [6.45, 7) is -1.48. The summed E-state index contributed by atoms with van der Waals surface area (Å²) in [4.78, 5) is 23.7. The van der Waals surface area contributed by atoms with Gasteiger partial charge in [-0.25, -0.2) is 4.79 Å². The number of carboxylic acids is 1. The maximum absolute atomic E-state index is 11.9. The van der Waals surface area contributed by atoms with E-state index in [-0.39, 0.29) is 6.54 Å². The van der Waals surface area contributed by atoms with E-state index in [1.807, 2.05) is 5.32 Å². The molecule has 18 heavy (non-hydrogen) atoms. The molecular weight excluding hydrogens is 253 g/mol. The highest BCUT2D eigenvalue weighted by Gasteiger charge is 2.32. The van der Waals surface area contributed by atoms with Crippen LogP contribution in [-0.2, 0) is 9.59 Å². The highest BCUT2D eigenvalue weighted by Crippen LogP contribution is 2.17. The van der Waals surface area contributed by atoms with Gasteiger partial charge in [-0.05, 0) is 19.3 Å². The first-order valence-corrected chi connectivity index (χ1v) is 5.61. The average Bonchev–Trinajstić information content (AvgIpc) is 2.27. The molecule has 1 atom stereocenters. The minimum atomic E-state index is -4.38. The fraction of sp³-hybridized carbons (Fsp3) is 0.800. The third-order valence-corrected chi connectivity index (χ3v) is 2.71. The van der Waals surface area contributed by atoms with Crippen molar-refractivity contribution in [2.24, 2.45) is 0 Å². The van der Waals surface area contributed by atoms with Crippen molar-refractivity contribution in [3.05, 3.63) is 0 Å². The van der Waals surface area contributed by atoms with Gasteiger partial charge in [0.25, 0.3) is 0 Å². The maximum atomic E-state index is 11.9. The molecule has 8 heteroatoms. The molecule has 1 saturated heterocycles. The van der Waals surface area contributed by atoms with Gasteiger partial charge in [0.1, 0.15) is 6.04 Å². The van der Waals surface area contributed by atoms with Gasteiger partial charge in [0.15, 0.2) is 0 Å². The third kappa shape index (κ3) is 4.52. The van der Waals surface area contributed by atoms with Gasteiger partial charge >= 0.3 is 12.1 Å². The molecule has 1 rings (SSSR count). The number of carbonyl (C=O) groups is 2. The zero-order valence-electron chi connectivity index (χ0n) is 9.66. The molecule has 5 nitrogen and oxygen atoms in total. The molecule has 1 aliphatic heterocycles. The van der Waals surface area contributed by atoms with E-state index < -0.39 is 37.2 Å². The second kappa shape index (κ2) is 6.03. The van der Waals surface area contributed by atoms with Gasteiger partial charge in [-0.3, -0.25) is 4.79 Å². The Hall–Kier alpha value is -1.31. The number of likely N-dealkylation sites (tertiary alicyclic amines) is 1. The van der Waals surface area contributed by atoms with Crippen molar-refractivity contribution in [2.45, 2.75) is 31.5 Å². The van der Waals surface area contributed by atoms with E-state index >= 15 is 0 Å². The number of nitrogens with one attached hydrogen (secondary N) is 1. The number of rotatable bonds is 4. The van der Waals surface area contributed by atoms with Gasteiger partial charge < -0.3 is 15.3 Å². The number of piperidine rings is 1. The van der Waals surface area contributed by atoms with E-state index in [1.165, 1.54) is 0 Å². The third-order valence-electron chi connectivity index (χ3n) is 2.71. The van der Waals surface area contributed by atoms with Crippen LogP contribution in [0, 0.1) is 0 Å². The Labute approximate surface area is 102 Å². The number of halogens is 3. The summed E-state index contributed by atoms with van der Waals surface area (Å²) in [5, 5.41) is 10.9. The predicted molar refractivity (Wildman–Crippen MR) is 55.9 cm³/mol. The summed E-state index contributed by atoms with van der Waals surface area (Å²) >= 11 is 0. The van der Waals surface area contributed by atoms with E-state index in [2.05, 4.69) is 0 Å². The Kier molecular flexibility index (Phi) is 4.94. The molecule has 104 valence electrons. The quantitative estimate of drug-likeness (QED) is 0.783. The summed E-state index contributed by atoms with van der Waals surface area (Å²) in [5.74, 6) is -1.72. The highest BCUT2D eigenvalue weighted by molar-refractivity contribution is 5.85. The number of nitrogens with zero attached hydrogens (tertiary/aromatic N) is 1. The number of carboxylic acid groups (broad SMARTS) is 1. The second-order valence-electron chi connectivity index (χ2n) is 4.16. The zero-order chi connectivity index (χ0) is 13.8. The average molecular weight is 268 g/mol. The summed E-state index contributed by atoms with van der Waals surface area (Å²) in [7, 11) is 0. The Morgan fingerprint density at radius 3 is 2.56 bits per heavy atom. The van der Waals surface area contributed by atoms with Crippen LogP contribution in [0.1, 0.15) is 19.3 Å². The van der Waals surface area contributed by atoms with Gasteiger partial charge in [-0.1, -0.05) is 0 Å². The lowest BCUT2D eigenvalue weighted by molar-refractivity contribution is -0.152. The van der Waals surface area contributed by atoms with E-state index in [0.29, 0.717) is 19.3 Å². The van der Waals surface area contributed by atoms with Crippen molar-refractivity contribution in [1.29, 1.82) is 0 Å². The molecule has 0 radical (unpaired) electrons. The maximum Gasteiger partial charge on any atom is 0.401 e. The lowest BCUT2D eigenvalue weighted by Gasteiger charge is -2.33. The fourth-order valence-corrected chi connectivity index (χ4v) is 1.90. The monoisotopic (exact) mass is 268 g/mol. The molecule has 1 amide bonds. The van der Waals surface area contributed by atoms with Crippen LogP contribution in [0.4, 0.5) is 13.2 Å². The van der Waals surface area contributed by atoms with E-state index in [0.717, 1.165) is 4.90 Å². The largest absolute Gasteiger partial charge is 0.480 e.